The lowest BCUT2D eigenvalue weighted by atomic mass is 10.0. The standard InChI is InChI=1S/C14H11BrS/c1-9-5-6-14(16-9)13-8-11(15)7-10-3-2-4-12(10)13/h2-3,5-8H,4H2,1H3. The third-order valence-electron chi connectivity index (χ3n) is 2.87. The number of hydrogen-bond acceptors (Lipinski definition) is 1. The minimum Gasteiger partial charge on any atom is -0.141 e. The van der Waals surface area contributed by atoms with Crippen molar-refractivity contribution in [3.63, 3.8) is 0 Å². The number of halogens is 1. The van der Waals surface area contributed by atoms with Crippen molar-refractivity contribution in [1.29, 1.82) is 0 Å². The van der Waals surface area contributed by atoms with Crippen LogP contribution in [-0.4, -0.2) is 0 Å². The zero-order chi connectivity index (χ0) is 11.1. The first-order chi connectivity index (χ1) is 7.74. The Kier molecular flexibility index (Phi) is 2.49. The average Bonchev–Trinajstić information content (AvgIpc) is 2.84. The lowest BCUT2D eigenvalue weighted by molar-refractivity contribution is 1.31. The molecule has 80 valence electrons. The Morgan fingerprint density at radius 3 is 2.88 bits per heavy atom. The molecule has 1 aliphatic rings. The number of rotatable bonds is 1. The van der Waals surface area contributed by atoms with Gasteiger partial charge in [0, 0.05) is 14.2 Å². The van der Waals surface area contributed by atoms with Crippen LogP contribution in [0.5, 0.6) is 0 Å². The van der Waals surface area contributed by atoms with Crippen LogP contribution in [0.1, 0.15) is 16.0 Å². The second kappa shape index (κ2) is 3.86. The lowest BCUT2D eigenvalue weighted by Gasteiger charge is -2.07. The van der Waals surface area contributed by atoms with E-state index < -0.39 is 0 Å². The zero-order valence-electron chi connectivity index (χ0n) is 8.96. The molecular formula is C14H11BrS. The second-order valence-corrected chi connectivity index (χ2v) is 6.24. The van der Waals surface area contributed by atoms with Gasteiger partial charge in [-0.05, 0) is 54.3 Å². The van der Waals surface area contributed by atoms with Gasteiger partial charge >= 0.3 is 0 Å². The molecule has 0 aliphatic heterocycles. The molecule has 1 heterocycles. The van der Waals surface area contributed by atoms with Crippen LogP contribution in [0.25, 0.3) is 16.5 Å². The van der Waals surface area contributed by atoms with Crippen molar-refractivity contribution in [2.45, 2.75) is 13.3 Å². The Morgan fingerprint density at radius 2 is 2.12 bits per heavy atom. The third-order valence-corrected chi connectivity index (χ3v) is 4.37. The van der Waals surface area contributed by atoms with Crippen LogP contribution in [0, 0.1) is 6.92 Å². The van der Waals surface area contributed by atoms with Gasteiger partial charge in [0.25, 0.3) is 0 Å². The normalized spacial score (nSPS) is 13.1. The molecular weight excluding hydrogens is 280 g/mol. The molecule has 0 saturated heterocycles. The number of thiophene rings is 1. The number of allylic oxidation sites excluding steroid dienone is 1. The minimum atomic E-state index is 1.06. The van der Waals surface area contributed by atoms with E-state index in [9.17, 15) is 0 Å². The van der Waals surface area contributed by atoms with Gasteiger partial charge in [-0.25, -0.2) is 0 Å². The van der Waals surface area contributed by atoms with Crippen LogP contribution in [0.15, 0.2) is 34.8 Å². The van der Waals surface area contributed by atoms with Crippen molar-refractivity contribution in [2.75, 3.05) is 0 Å². The summed E-state index contributed by atoms with van der Waals surface area (Å²) in [5, 5.41) is 0. The number of aryl methyl sites for hydroxylation is 1. The lowest BCUT2D eigenvalue weighted by Crippen LogP contribution is -1.87. The SMILES string of the molecule is Cc1ccc(-c2cc(Br)cc3c2CC=C3)s1. The van der Waals surface area contributed by atoms with Crippen LogP contribution >= 0.6 is 27.3 Å². The largest absolute Gasteiger partial charge is 0.141 e. The average molecular weight is 291 g/mol. The molecule has 0 unspecified atom stereocenters. The highest BCUT2D eigenvalue weighted by Crippen LogP contribution is 2.37. The van der Waals surface area contributed by atoms with Crippen LogP contribution in [-0.2, 0) is 6.42 Å². The number of benzene rings is 1. The van der Waals surface area contributed by atoms with Gasteiger partial charge < -0.3 is 0 Å². The van der Waals surface area contributed by atoms with Gasteiger partial charge in [-0.2, -0.15) is 0 Å². The molecule has 0 bridgehead atoms. The molecule has 0 fully saturated rings. The third kappa shape index (κ3) is 1.66. The first-order valence-corrected chi connectivity index (χ1v) is 6.91. The molecule has 16 heavy (non-hydrogen) atoms. The van der Waals surface area contributed by atoms with E-state index in [0.29, 0.717) is 0 Å². The van der Waals surface area contributed by atoms with E-state index in [4.69, 9.17) is 0 Å². The molecule has 0 atom stereocenters. The van der Waals surface area contributed by atoms with Crippen molar-refractivity contribution in [2.24, 2.45) is 0 Å². The summed E-state index contributed by atoms with van der Waals surface area (Å²) in [4.78, 5) is 2.74. The molecule has 0 spiro atoms. The van der Waals surface area contributed by atoms with Gasteiger partial charge in [-0.3, -0.25) is 0 Å². The van der Waals surface area contributed by atoms with Crippen molar-refractivity contribution >= 4 is 33.3 Å². The molecule has 0 amide bonds. The molecule has 0 N–H and O–H groups in total. The van der Waals surface area contributed by atoms with Gasteiger partial charge in [-0.1, -0.05) is 28.1 Å². The summed E-state index contributed by atoms with van der Waals surface area (Å²) in [5.41, 5.74) is 4.20. The van der Waals surface area contributed by atoms with Gasteiger partial charge in [0.1, 0.15) is 0 Å². The van der Waals surface area contributed by atoms with E-state index in [-0.39, 0.29) is 0 Å². The molecule has 1 aromatic heterocycles. The molecule has 3 rings (SSSR count). The maximum Gasteiger partial charge on any atom is 0.0349 e. The van der Waals surface area contributed by atoms with Crippen molar-refractivity contribution < 1.29 is 0 Å². The first kappa shape index (κ1) is 10.3. The highest BCUT2D eigenvalue weighted by atomic mass is 79.9. The Labute approximate surface area is 108 Å². The van der Waals surface area contributed by atoms with Crippen LogP contribution in [0.3, 0.4) is 0 Å². The monoisotopic (exact) mass is 290 g/mol. The minimum absolute atomic E-state index is 1.06. The van der Waals surface area contributed by atoms with Gasteiger partial charge in [0.15, 0.2) is 0 Å². The molecule has 2 heteroatoms. The Morgan fingerprint density at radius 1 is 1.25 bits per heavy atom. The van der Waals surface area contributed by atoms with Gasteiger partial charge in [-0.15, -0.1) is 11.3 Å². The molecule has 1 aliphatic carbocycles. The quantitative estimate of drug-likeness (QED) is 0.689. The first-order valence-electron chi connectivity index (χ1n) is 5.30. The van der Waals surface area contributed by atoms with E-state index in [0.717, 1.165) is 6.42 Å². The van der Waals surface area contributed by atoms with Crippen molar-refractivity contribution in [1.82, 2.24) is 0 Å². The molecule has 1 aromatic carbocycles. The van der Waals surface area contributed by atoms with E-state index in [2.05, 4.69) is 59.3 Å². The molecule has 0 nitrogen and oxygen atoms in total. The summed E-state index contributed by atoms with van der Waals surface area (Å²) < 4.78 is 1.17. The predicted octanol–water partition coefficient (Wildman–Crippen LogP) is 5.06. The highest BCUT2D eigenvalue weighted by Gasteiger charge is 2.14. The van der Waals surface area contributed by atoms with E-state index in [1.807, 2.05) is 11.3 Å². The summed E-state index contributed by atoms with van der Waals surface area (Å²) >= 11 is 5.46. The smallest absolute Gasteiger partial charge is 0.0349 e. The van der Waals surface area contributed by atoms with Gasteiger partial charge in [0.2, 0.25) is 0 Å². The van der Waals surface area contributed by atoms with Gasteiger partial charge in [0.05, 0.1) is 0 Å². The summed E-state index contributed by atoms with van der Waals surface area (Å²) in [6.07, 6.45) is 5.51. The highest BCUT2D eigenvalue weighted by molar-refractivity contribution is 9.10. The fourth-order valence-electron chi connectivity index (χ4n) is 2.14. The number of hydrogen-bond donors (Lipinski definition) is 0. The summed E-state index contributed by atoms with van der Waals surface area (Å²) in [6, 6.07) is 8.84. The Hall–Kier alpha value is -0.860. The van der Waals surface area contributed by atoms with Crippen molar-refractivity contribution in [3.8, 4) is 10.4 Å². The summed E-state index contributed by atoms with van der Waals surface area (Å²) in [7, 11) is 0. The summed E-state index contributed by atoms with van der Waals surface area (Å²) in [6.45, 7) is 2.16. The molecule has 0 saturated carbocycles. The fourth-order valence-corrected chi connectivity index (χ4v) is 3.52. The van der Waals surface area contributed by atoms with Crippen LogP contribution in [0.2, 0.25) is 0 Å². The molecule has 2 aromatic rings. The summed E-state index contributed by atoms with van der Waals surface area (Å²) in [5.74, 6) is 0. The Balaban J connectivity index is 2.22. The predicted molar refractivity (Wildman–Crippen MR) is 74.9 cm³/mol. The van der Waals surface area contributed by atoms with E-state index in [1.54, 1.807) is 0 Å². The van der Waals surface area contributed by atoms with E-state index in [1.165, 1.54) is 30.9 Å². The zero-order valence-corrected chi connectivity index (χ0v) is 11.4. The number of fused-ring (bicyclic) bond motifs is 1. The van der Waals surface area contributed by atoms with Crippen LogP contribution in [0.4, 0.5) is 0 Å². The maximum absolute atomic E-state index is 3.59. The fraction of sp³-hybridized carbons (Fsp3) is 0.143. The maximum atomic E-state index is 3.59. The van der Waals surface area contributed by atoms with E-state index >= 15 is 0 Å². The van der Waals surface area contributed by atoms with Crippen molar-refractivity contribution in [3.05, 3.63) is 50.8 Å². The molecule has 0 radical (unpaired) electrons. The van der Waals surface area contributed by atoms with Crippen LogP contribution < -0.4 is 0 Å². The topological polar surface area (TPSA) is 0 Å². The Bertz CT molecular complexity index is 578. The second-order valence-electron chi connectivity index (χ2n) is 4.04.